The molecule has 92 valence electrons. The van der Waals surface area contributed by atoms with Crippen LogP contribution in [0.5, 0.6) is 0 Å². The van der Waals surface area contributed by atoms with Gasteiger partial charge >= 0.3 is 5.97 Å². The van der Waals surface area contributed by atoms with E-state index in [1.807, 2.05) is 19.1 Å². The minimum absolute atomic E-state index is 0.164. The van der Waals surface area contributed by atoms with Gasteiger partial charge in [0.15, 0.2) is 5.78 Å². The molecule has 0 aliphatic carbocycles. The van der Waals surface area contributed by atoms with Crippen LogP contribution in [-0.2, 0) is 9.53 Å². The summed E-state index contributed by atoms with van der Waals surface area (Å²) in [5.74, 6) is 0.205. The number of ether oxygens (including phenoxy) is 1. The Morgan fingerprint density at radius 1 is 1.24 bits per heavy atom. The molecule has 0 saturated carbocycles. The molecule has 3 nitrogen and oxygen atoms in total. The summed E-state index contributed by atoms with van der Waals surface area (Å²) in [4.78, 5) is 23.5. The molecule has 4 heteroatoms. The van der Waals surface area contributed by atoms with Crippen LogP contribution in [0.15, 0.2) is 29.2 Å². The first kappa shape index (κ1) is 13.8. The summed E-state index contributed by atoms with van der Waals surface area (Å²) in [6.07, 6.45) is 1.44. The summed E-state index contributed by atoms with van der Waals surface area (Å²) in [6, 6.07) is 7.32. The van der Waals surface area contributed by atoms with Crippen molar-refractivity contribution in [2.24, 2.45) is 0 Å². The minimum Gasteiger partial charge on any atom is -0.468 e. The molecule has 0 saturated heterocycles. The third-order valence-corrected chi connectivity index (χ3v) is 3.22. The van der Waals surface area contributed by atoms with E-state index in [1.54, 1.807) is 12.1 Å². The fourth-order valence-corrected chi connectivity index (χ4v) is 2.04. The van der Waals surface area contributed by atoms with Gasteiger partial charge in [0.05, 0.1) is 12.9 Å². The predicted molar refractivity (Wildman–Crippen MR) is 68.4 cm³/mol. The summed E-state index contributed by atoms with van der Waals surface area (Å²) in [6.45, 7) is 1.98. The molecular weight excluding hydrogens is 236 g/mol. The van der Waals surface area contributed by atoms with Crippen molar-refractivity contribution in [1.29, 1.82) is 0 Å². The zero-order chi connectivity index (χ0) is 12.7. The molecule has 0 atom stereocenters. The van der Waals surface area contributed by atoms with Gasteiger partial charge in [-0.3, -0.25) is 9.59 Å². The second-order valence-electron chi connectivity index (χ2n) is 3.56. The Kier molecular flexibility index (Phi) is 5.77. The molecule has 17 heavy (non-hydrogen) atoms. The Bertz CT molecular complexity index is 384. The maximum atomic E-state index is 11.6. The van der Waals surface area contributed by atoms with Crippen LogP contribution in [-0.4, -0.2) is 24.6 Å². The summed E-state index contributed by atoms with van der Waals surface area (Å²) >= 11 is 1.40. The average Bonchev–Trinajstić information content (AvgIpc) is 2.36. The van der Waals surface area contributed by atoms with Gasteiger partial charge in [0.25, 0.3) is 0 Å². The lowest BCUT2D eigenvalue weighted by Crippen LogP contribution is -2.03. The number of hydrogen-bond acceptors (Lipinski definition) is 4. The van der Waals surface area contributed by atoms with Crippen LogP contribution in [0.4, 0.5) is 0 Å². The topological polar surface area (TPSA) is 43.4 Å². The van der Waals surface area contributed by atoms with Crippen molar-refractivity contribution in [3.8, 4) is 0 Å². The van der Waals surface area contributed by atoms with Crippen molar-refractivity contribution in [2.45, 2.75) is 24.7 Å². The van der Waals surface area contributed by atoms with E-state index in [1.165, 1.54) is 18.9 Å². The Morgan fingerprint density at radius 2 is 1.88 bits per heavy atom. The van der Waals surface area contributed by atoms with E-state index in [0.29, 0.717) is 12.2 Å². The third-order valence-electron chi connectivity index (χ3n) is 2.24. The van der Waals surface area contributed by atoms with Crippen molar-refractivity contribution >= 4 is 23.5 Å². The van der Waals surface area contributed by atoms with Crippen LogP contribution in [0.1, 0.15) is 30.1 Å². The largest absolute Gasteiger partial charge is 0.468 e. The van der Waals surface area contributed by atoms with Crippen LogP contribution in [0.3, 0.4) is 0 Å². The maximum Gasteiger partial charge on any atom is 0.315 e. The Labute approximate surface area is 106 Å². The first-order valence-electron chi connectivity index (χ1n) is 5.50. The van der Waals surface area contributed by atoms with E-state index in [0.717, 1.165) is 16.9 Å². The quantitative estimate of drug-likeness (QED) is 0.443. The van der Waals surface area contributed by atoms with Crippen LogP contribution >= 0.6 is 11.8 Å². The van der Waals surface area contributed by atoms with E-state index in [4.69, 9.17) is 0 Å². The number of carbonyl (C=O) groups excluding carboxylic acids is 2. The van der Waals surface area contributed by atoms with Gasteiger partial charge in [0.1, 0.15) is 0 Å². The maximum absolute atomic E-state index is 11.6. The zero-order valence-corrected chi connectivity index (χ0v) is 10.9. The summed E-state index contributed by atoms with van der Waals surface area (Å²) in [5, 5.41) is 0. The van der Waals surface area contributed by atoms with Gasteiger partial charge < -0.3 is 4.74 Å². The Morgan fingerprint density at radius 3 is 2.41 bits per heavy atom. The van der Waals surface area contributed by atoms with Gasteiger partial charge in [-0.1, -0.05) is 19.1 Å². The number of carbonyl (C=O) groups is 2. The molecule has 0 aliphatic heterocycles. The van der Waals surface area contributed by atoms with Crippen molar-refractivity contribution in [3.63, 3.8) is 0 Å². The number of ketones is 1. The van der Waals surface area contributed by atoms with Crippen molar-refractivity contribution in [1.82, 2.24) is 0 Å². The zero-order valence-electron chi connectivity index (χ0n) is 10.1. The van der Waals surface area contributed by atoms with E-state index in [2.05, 4.69) is 4.74 Å². The fourth-order valence-electron chi connectivity index (χ4n) is 1.31. The molecule has 0 aromatic heterocycles. The Balaban J connectivity index is 2.56. The van der Waals surface area contributed by atoms with E-state index >= 15 is 0 Å². The second kappa shape index (κ2) is 7.12. The molecule has 0 spiro atoms. The fraction of sp³-hybridized carbons (Fsp3) is 0.385. The number of Topliss-reactive ketones (excluding diaryl/α,β-unsaturated/α-hetero) is 1. The minimum atomic E-state index is -0.249. The van der Waals surface area contributed by atoms with Gasteiger partial charge in [0, 0.05) is 16.9 Å². The highest BCUT2D eigenvalue weighted by atomic mass is 32.2. The summed E-state index contributed by atoms with van der Waals surface area (Å²) in [5.41, 5.74) is 0.731. The van der Waals surface area contributed by atoms with E-state index in [9.17, 15) is 9.59 Å². The van der Waals surface area contributed by atoms with E-state index < -0.39 is 0 Å². The Hall–Kier alpha value is -1.29. The molecule has 0 radical (unpaired) electrons. The standard InChI is InChI=1S/C13H16O3S/c1-3-4-12(14)10-5-7-11(8-6-10)17-9-13(15)16-2/h5-8H,3-4,9H2,1-2H3. The predicted octanol–water partition coefficient (Wildman–Crippen LogP) is 2.93. The first-order valence-corrected chi connectivity index (χ1v) is 6.48. The van der Waals surface area contributed by atoms with E-state index in [-0.39, 0.29) is 11.8 Å². The molecule has 0 bridgehead atoms. The third kappa shape index (κ3) is 4.61. The molecule has 0 amide bonds. The van der Waals surface area contributed by atoms with Crippen molar-refractivity contribution < 1.29 is 14.3 Å². The molecule has 1 rings (SSSR count). The van der Waals surface area contributed by atoms with Crippen LogP contribution in [0.2, 0.25) is 0 Å². The van der Waals surface area contributed by atoms with Crippen LogP contribution in [0.25, 0.3) is 0 Å². The smallest absolute Gasteiger partial charge is 0.315 e. The monoisotopic (exact) mass is 252 g/mol. The normalized spacial score (nSPS) is 10.0. The van der Waals surface area contributed by atoms with Gasteiger partial charge in [-0.05, 0) is 18.6 Å². The molecule has 1 aromatic rings. The number of methoxy groups -OCH3 is 1. The van der Waals surface area contributed by atoms with Crippen molar-refractivity contribution in [3.05, 3.63) is 29.8 Å². The van der Waals surface area contributed by atoms with Crippen LogP contribution in [0, 0.1) is 0 Å². The molecule has 0 unspecified atom stereocenters. The molecular formula is C13H16O3S. The second-order valence-corrected chi connectivity index (χ2v) is 4.61. The SMILES string of the molecule is CCCC(=O)c1ccc(SCC(=O)OC)cc1. The summed E-state index contributed by atoms with van der Waals surface area (Å²) in [7, 11) is 1.37. The van der Waals surface area contributed by atoms with Gasteiger partial charge in [-0.2, -0.15) is 0 Å². The van der Waals surface area contributed by atoms with Crippen LogP contribution < -0.4 is 0 Å². The highest BCUT2D eigenvalue weighted by molar-refractivity contribution is 8.00. The highest BCUT2D eigenvalue weighted by Gasteiger charge is 2.05. The molecule has 0 aliphatic rings. The molecule has 0 N–H and O–H groups in total. The molecule has 0 fully saturated rings. The van der Waals surface area contributed by atoms with Gasteiger partial charge in [0.2, 0.25) is 0 Å². The molecule has 1 aromatic carbocycles. The molecule has 0 heterocycles. The number of benzene rings is 1. The average molecular weight is 252 g/mol. The first-order chi connectivity index (χ1) is 8.17. The lowest BCUT2D eigenvalue weighted by atomic mass is 10.1. The highest BCUT2D eigenvalue weighted by Crippen LogP contribution is 2.19. The number of hydrogen-bond donors (Lipinski definition) is 0. The number of rotatable bonds is 6. The lowest BCUT2D eigenvalue weighted by Gasteiger charge is -2.02. The van der Waals surface area contributed by atoms with Crippen molar-refractivity contribution in [2.75, 3.05) is 12.9 Å². The number of esters is 1. The lowest BCUT2D eigenvalue weighted by molar-refractivity contribution is -0.137. The summed E-state index contributed by atoms with van der Waals surface area (Å²) < 4.78 is 4.55. The van der Waals surface area contributed by atoms with Gasteiger partial charge in [-0.15, -0.1) is 11.8 Å². The van der Waals surface area contributed by atoms with Gasteiger partial charge in [-0.25, -0.2) is 0 Å². The number of thioether (sulfide) groups is 1.